The molecule has 1 N–H and O–H groups in total. The minimum absolute atomic E-state index is 0.437. The molecule has 2 heterocycles. The molecule has 2 atom stereocenters. The molecule has 1 aromatic heterocycles. The van der Waals surface area contributed by atoms with Gasteiger partial charge in [0.2, 0.25) is 0 Å². The molecule has 1 aliphatic rings. The maximum atomic E-state index is 10.6. The summed E-state index contributed by atoms with van der Waals surface area (Å²) in [6.07, 6.45) is 1.08. The third kappa shape index (κ3) is 1.62. The Labute approximate surface area is 105 Å². The zero-order chi connectivity index (χ0) is 12.6. The van der Waals surface area contributed by atoms with Crippen molar-refractivity contribution in [3.05, 3.63) is 54.4 Å². The Hall–Kier alpha value is -2.07. The first-order valence-corrected chi connectivity index (χ1v) is 5.79. The van der Waals surface area contributed by atoms with Gasteiger partial charge in [-0.25, -0.2) is 0 Å². The van der Waals surface area contributed by atoms with Crippen LogP contribution in [0.1, 0.15) is 12.6 Å². The van der Waals surface area contributed by atoms with Crippen LogP contribution >= 0.6 is 0 Å². The van der Waals surface area contributed by atoms with Crippen LogP contribution in [0.25, 0.3) is 0 Å². The second-order valence-electron chi connectivity index (χ2n) is 4.22. The van der Waals surface area contributed by atoms with Crippen molar-refractivity contribution in [3.63, 3.8) is 0 Å². The van der Waals surface area contributed by atoms with Crippen LogP contribution < -0.4 is 9.47 Å². The number of hydrogen-bond donors (Lipinski definition) is 1. The van der Waals surface area contributed by atoms with E-state index in [2.05, 4.69) is 4.98 Å². The number of aliphatic hydroxyl groups is 1. The molecule has 4 heteroatoms. The largest absolute Gasteiger partial charge is 0.479 e. The van der Waals surface area contributed by atoms with E-state index in [1.54, 1.807) is 37.4 Å². The summed E-state index contributed by atoms with van der Waals surface area (Å²) in [5, 5.41) is 10.6. The summed E-state index contributed by atoms with van der Waals surface area (Å²) in [5.74, 6) is -0.412. The summed E-state index contributed by atoms with van der Waals surface area (Å²) in [7, 11) is 0. The highest BCUT2D eigenvalue weighted by Gasteiger charge is 2.45. The number of aromatic nitrogens is 1. The molecule has 1 aromatic carbocycles. The smallest absolute Gasteiger partial charge is 0.289 e. The van der Waals surface area contributed by atoms with Crippen LogP contribution in [-0.4, -0.2) is 16.2 Å². The van der Waals surface area contributed by atoms with Crippen LogP contribution in [0.3, 0.4) is 0 Å². The maximum Gasteiger partial charge on any atom is 0.289 e. The van der Waals surface area contributed by atoms with Gasteiger partial charge in [-0.2, -0.15) is 0 Å². The molecule has 0 spiro atoms. The highest BCUT2D eigenvalue weighted by atomic mass is 16.7. The number of para-hydroxylation sites is 2. The van der Waals surface area contributed by atoms with Gasteiger partial charge in [-0.05, 0) is 31.2 Å². The first kappa shape index (κ1) is 11.0. The zero-order valence-corrected chi connectivity index (χ0v) is 9.91. The molecular weight excluding hydrogens is 230 g/mol. The van der Waals surface area contributed by atoms with Crippen molar-refractivity contribution in [3.8, 4) is 11.5 Å². The monoisotopic (exact) mass is 243 g/mol. The lowest BCUT2D eigenvalue weighted by Crippen LogP contribution is -2.49. The summed E-state index contributed by atoms with van der Waals surface area (Å²) < 4.78 is 11.4. The van der Waals surface area contributed by atoms with Crippen LogP contribution in [0.5, 0.6) is 11.5 Å². The van der Waals surface area contributed by atoms with Crippen LogP contribution in [0.4, 0.5) is 0 Å². The molecule has 3 rings (SSSR count). The number of ether oxygens (including phenoxy) is 2. The Kier molecular flexibility index (Phi) is 2.45. The molecule has 18 heavy (non-hydrogen) atoms. The molecule has 4 nitrogen and oxygen atoms in total. The fraction of sp³-hybridized carbons (Fsp3) is 0.214. The quantitative estimate of drug-likeness (QED) is 0.833. The van der Waals surface area contributed by atoms with E-state index in [1.807, 2.05) is 18.2 Å². The molecule has 1 aliphatic heterocycles. The van der Waals surface area contributed by atoms with Crippen molar-refractivity contribution < 1.29 is 14.6 Å². The molecule has 0 radical (unpaired) electrons. The number of fused-ring (bicyclic) bond motifs is 1. The van der Waals surface area contributed by atoms with Crippen LogP contribution in [0.15, 0.2) is 48.7 Å². The molecule has 0 aliphatic carbocycles. The van der Waals surface area contributed by atoms with Gasteiger partial charge < -0.3 is 14.6 Å². The van der Waals surface area contributed by atoms with E-state index >= 15 is 0 Å². The molecule has 0 unspecified atom stereocenters. The summed E-state index contributed by atoms with van der Waals surface area (Å²) in [4.78, 5) is 4.14. The lowest BCUT2D eigenvalue weighted by atomic mass is 10.0. The number of pyridine rings is 1. The van der Waals surface area contributed by atoms with Crippen molar-refractivity contribution in [1.82, 2.24) is 4.98 Å². The van der Waals surface area contributed by atoms with Gasteiger partial charge in [-0.3, -0.25) is 4.98 Å². The molecule has 0 fully saturated rings. The lowest BCUT2D eigenvalue weighted by molar-refractivity contribution is -0.219. The Balaban J connectivity index is 2.05. The van der Waals surface area contributed by atoms with Crippen molar-refractivity contribution in [2.24, 2.45) is 0 Å². The van der Waals surface area contributed by atoms with Gasteiger partial charge in [0, 0.05) is 6.20 Å². The minimum atomic E-state index is -1.56. The molecule has 0 amide bonds. The highest BCUT2D eigenvalue weighted by Crippen LogP contribution is 2.40. The van der Waals surface area contributed by atoms with Crippen molar-refractivity contribution in [2.75, 3.05) is 0 Å². The van der Waals surface area contributed by atoms with E-state index in [9.17, 15) is 5.11 Å². The minimum Gasteiger partial charge on any atom is -0.479 e. The topological polar surface area (TPSA) is 51.6 Å². The molecule has 0 bridgehead atoms. The van der Waals surface area contributed by atoms with Gasteiger partial charge in [0.25, 0.3) is 5.79 Å². The molecule has 92 valence electrons. The van der Waals surface area contributed by atoms with E-state index in [0.29, 0.717) is 17.2 Å². The van der Waals surface area contributed by atoms with E-state index in [1.165, 1.54) is 0 Å². The highest BCUT2D eigenvalue weighted by molar-refractivity contribution is 5.42. The van der Waals surface area contributed by atoms with Crippen molar-refractivity contribution in [2.45, 2.75) is 18.8 Å². The van der Waals surface area contributed by atoms with Gasteiger partial charge >= 0.3 is 0 Å². The van der Waals surface area contributed by atoms with E-state index in [-0.39, 0.29) is 0 Å². The van der Waals surface area contributed by atoms with Gasteiger partial charge in [0.15, 0.2) is 17.6 Å². The Morgan fingerprint density at radius 1 is 1.11 bits per heavy atom. The Bertz CT molecular complexity index is 558. The predicted molar refractivity (Wildman–Crippen MR) is 65.3 cm³/mol. The molecule has 0 saturated heterocycles. The number of benzene rings is 1. The Morgan fingerprint density at radius 2 is 1.83 bits per heavy atom. The summed E-state index contributed by atoms with van der Waals surface area (Å²) in [6, 6.07) is 12.6. The van der Waals surface area contributed by atoms with Gasteiger partial charge in [0.1, 0.15) is 5.69 Å². The third-order valence-corrected chi connectivity index (χ3v) is 3.00. The summed E-state index contributed by atoms with van der Waals surface area (Å²) in [5.41, 5.74) is 0.437. The van der Waals surface area contributed by atoms with E-state index in [0.717, 1.165) is 0 Å². The lowest BCUT2D eigenvalue weighted by Gasteiger charge is -2.38. The van der Waals surface area contributed by atoms with Crippen LogP contribution in [0, 0.1) is 0 Å². The molecule has 0 saturated carbocycles. The maximum absolute atomic E-state index is 10.6. The summed E-state index contributed by atoms with van der Waals surface area (Å²) >= 11 is 0. The zero-order valence-electron chi connectivity index (χ0n) is 9.91. The standard InChI is InChI=1S/C14H13NO3/c1-10-14(16,13-8-4-5-9-15-13)18-12-7-3-2-6-11(12)17-10/h2-10,16H,1H3/t10-,14+/m1/s1. The fourth-order valence-electron chi connectivity index (χ4n) is 1.99. The van der Waals surface area contributed by atoms with E-state index in [4.69, 9.17) is 9.47 Å². The SMILES string of the molecule is C[C@H]1Oc2ccccc2O[C@]1(O)c1ccccn1. The van der Waals surface area contributed by atoms with E-state index < -0.39 is 11.9 Å². The van der Waals surface area contributed by atoms with Crippen molar-refractivity contribution in [1.29, 1.82) is 0 Å². The Morgan fingerprint density at radius 3 is 2.56 bits per heavy atom. The number of rotatable bonds is 1. The van der Waals surface area contributed by atoms with Crippen LogP contribution in [-0.2, 0) is 5.79 Å². The number of nitrogens with zero attached hydrogens (tertiary/aromatic N) is 1. The number of hydrogen-bond acceptors (Lipinski definition) is 4. The predicted octanol–water partition coefficient (Wildman–Crippen LogP) is 2.09. The fourth-order valence-corrected chi connectivity index (χ4v) is 1.99. The van der Waals surface area contributed by atoms with Gasteiger partial charge in [-0.15, -0.1) is 0 Å². The van der Waals surface area contributed by atoms with Crippen LogP contribution in [0.2, 0.25) is 0 Å². The van der Waals surface area contributed by atoms with Gasteiger partial charge in [-0.1, -0.05) is 18.2 Å². The van der Waals surface area contributed by atoms with Gasteiger partial charge in [0.05, 0.1) is 0 Å². The molecule has 2 aromatic rings. The second kappa shape index (κ2) is 3.99. The second-order valence-corrected chi connectivity index (χ2v) is 4.22. The average molecular weight is 243 g/mol. The normalized spacial score (nSPS) is 25.8. The third-order valence-electron chi connectivity index (χ3n) is 3.00. The summed E-state index contributed by atoms with van der Waals surface area (Å²) in [6.45, 7) is 1.75. The first-order chi connectivity index (χ1) is 8.70. The average Bonchev–Trinajstić information content (AvgIpc) is 2.41. The first-order valence-electron chi connectivity index (χ1n) is 5.79. The van der Waals surface area contributed by atoms with Crippen molar-refractivity contribution >= 4 is 0 Å². The molecular formula is C14H13NO3.